The molecule has 0 bridgehead atoms. The van der Waals surface area contributed by atoms with Crippen molar-refractivity contribution < 1.29 is 14.7 Å². The summed E-state index contributed by atoms with van der Waals surface area (Å²) in [6.45, 7) is 7.06. The SMILES string of the molecule is Cc1csc(C(C)NC(=O)c2c(C)[nH]c(C(=O)O)c2C)n1. The lowest BCUT2D eigenvalue weighted by Crippen LogP contribution is -2.27. The van der Waals surface area contributed by atoms with Gasteiger partial charge in [0.1, 0.15) is 10.7 Å². The molecule has 0 aliphatic rings. The Bertz CT molecular complexity index is 702. The van der Waals surface area contributed by atoms with E-state index in [1.807, 2.05) is 19.2 Å². The van der Waals surface area contributed by atoms with Gasteiger partial charge < -0.3 is 15.4 Å². The number of carbonyl (C=O) groups excluding carboxylic acids is 1. The molecule has 2 rings (SSSR count). The van der Waals surface area contributed by atoms with Gasteiger partial charge in [-0.2, -0.15) is 0 Å². The first-order chi connectivity index (χ1) is 9.81. The summed E-state index contributed by atoms with van der Waals surface area (Å²) in [5.41, 5.74) is 2.34. The summed E-state index contributed by atoms with van der Waals surface area (Å²) < 4.78 is 0. The Morgan fingerprint density at radius 1 is 1.38 bits per heavy atom. The standard InChI is InChI=1S/C14H17N3O3S/c1-6-5-21-13(15-6)9(4)17-12(18)10-7(2)11(14(19)20)16-8(10)3/h5,9,16H,1-4H3,(H,17,18)(H,19,20). The Balaban J connectivity index is 2.23. The molecule has 0 spiro atoms. The highest BCUT2D eigenvalue weighted by atomic mass is 32.1. The number of nitrogens with one attached hydrogen (secondary N) is 2. The number of hydrogen-bond donors (Lipinski definition) is 3. The van der Waals surface area contributed by atoms with Gasteiger partial charge in [0.05, 0.1) is 11.6 Å². The molecule has 3 N–H and O–H groups in total. The van der Waals surface area contributed by atoms with Gasteiger partial charge in [0, 0.05) is 16.8 Å². The number of thiazole rings is 1. The molecule has 0 aliphatic carbocycles. The minimum atomic E-state index is -1.07. The third kappa shape index (κ3) is 2.97. The minimum Gasteiger partial charge on any atom is -0.477 e. The molecule has 6 nitrogen and oxygen atoms in total. The van der Waals surface area contributed by atoms with Crippen molar-refractivity contribution in [1.82, 2.24) is 15.3 Å². The molecule has 0 saturated heterocycles. The van der Waals surface area contributed by atoms with Crippen LogP contribution in [-0.2, 0) is 0 Å². The van der Waals surface area contributed by atoms with Crippen molar-refractivity contribution in [2.75, 3.05) is 0 Å². The summed E-state index contributed by atoms with van der Waals surface area (Å²) in [6, 6.07) is -0.224. The van der Waals surface area contributed by atoms with E-state index < -0.39 is 5.97 Å². The van der Waals surface area contributed by atoms with Crippen molar-refractivity contribution in [3.8, 4) is 0 Å². The molecular formula is C14H17N3O3S. The van der Waals surface area contributed by atoms with Crippen molar-refractivity contribution in [2.24, 2.45) is 0 Å². The molecular weight excluding hydrogens is 290 g/mol. The summed E-state index contributed by atoms with van der Waals surface area (Å²) in [5, 5.41) is 14.7. The second-order valence-corrected chi connectivity index (χ2v) is 5.84. The maximum atomic E-state index is 12.4. The van der Waals surface area contributed by atoms with Crippen LogP contribution < -0.4 is 5.32 Å². The van der Waals surface area contributed by atoms with Crippen LogP contribution in [0.25, 0.3) is 0 Å². The van der Waals surface area contributed by atoms with E-state index >= 15 is 0 Å². The molecule has 112 valence electrons. The average molecular weight is 307 g/mol. The Hall–Kier alpha value is -2.15. The number of aromatic nitrogens is 2. The van der Waals surface area contributed by atoms with Crippen LogP contribution in [0.1, 0.15) is 55.8 Å². The number of carboxylic acid groups (broad SMARTS) is 1. The monoisotopic (exact) mass is 307 g/mol. The zero-order valence-corrected chi connectivity index (χ0v) is 13.1. The van der Waals surface area contributed by atoms with Crippen molar-refractivity contribution in [3.63, 3.8) is 0 Å². The highest BCUT2D eigenvalue weighted by Crippen LogP contribution is 2.21. The predicted octanol–water partition coefficient (Wildman–Crippen LogP) is 2.59. The third-order valence-corrected chi connectivity index (χ3v) is 4.38. The van der Waals surface area contributed by atoms with Gasteiger partial charge in [0.15, 0.2) is 0 Å². The van der Waals surface area contributed by atoms with E-state index in [1.54, 1.807) is 13.8 Å². The maximum absolute atomic E-state index is 12.4. The van der Waals surface area contributed by atoms with Crippen LogP contribution in [0.3, 0.4) is 0 Å². The second-order valence-electron chi connectivity index (χ2n) is 4.95. The number of H-pyrrole nitrogens is 1. The summed E-state index contributed by atoms with van der Waals surface area (Å²) in [7, 11) is 0. The molecule has 7 heteroatoms. The summed E-state index contributed by atoms with van der Waals surface area (Å²) in [4.78, 5) is 30.5. The number of carboxylic acids is 1. The van der Waals surface area contributed by atoms with Gasteiger partial charge in [0.25, 0.3) is 5.91 Å². The molecule has 0 saturated carbocycles. The molecule has 2 heterocycles. The predicted molar refractivity (Wildman–Crippen MR) is 80.0 cm³/mol. The van der Waals surface area contributed by atoms with E-state index in [4.69, 9.17) is 5.11 Å². The van der Waals surface area contributed by atoms with Gasteiger partial charge in [-0.1, -0.05) is 0 Å². The Morgan fingerprint density at radius 3 is 2.52 bits per heavy atom. The summed E-state index contributed by atoms with van der Waals surface area (Å²) >= 11 is 1.49. The van der Waals surface area contributed by atoms with Gasteiger partial charge in [0.2, 0.25) is 0 Å². The normalized spacial score (nSPS) is 12.2. The molecule has 0 fully saturated rings. The van der Waals surface area contributed by atoms with E-state index in [-0.39, 0.29) is 17.6 Å². The van der Waals surface area contributed by atoms with Gasteiger partial charge >= 0.3 is 5.97 Å². The number of rotatable bonds is 4. The topological polar surface area (TPSA) is 95.1 Å². The fraction of sp³-hybridized carbons (Fsp3) is 0.357. The first-order valence-electron chi connectivity index (χ1n) is 6.46. The van der Waals surface area contributed by atoms with Crippen LogP contribution in [0.4, 0.5) is 0 Å². The fourth-order valence-corrected chi connectivity index (χ4v) is 3.01. The molecule has 1 amide bonds. The first kappa shape index (κ1) is 15.2. The number of carbonyl (C=O) groups is 2. The van der Waals surface area contributed by atoms with E-state index in [0.717, 1.165) is 10.7 Å². The lowest BCUT2D eigenvalue weighted by Gasteiger charge is -2.11. The zero-order chi connectivity index (χ0) is 15.7. The van der Waals surface area contributed by atoms with Crippen molar-refractivity contribution in [3.05, 3.63) is 38.6 Å². The fourth-order valence-electron chi connectivity index (χ4n) is 2.21. The average Bonchev–Trinajstić information content (AvgIpc) is 2.93. The molecule has 0 radical (unpaired) electrons. The molecule has 21 heavy (non-hydrogen) atoms. The lowest BCUT2D eigenvalue weighted by atomic mass is 10.1. The number of aromatic amines is 1. The van der Waals surface area contributed by atoms with Crippen LogP contribution in [-0.4, -0.2) is 27.0 Å². The van der Waals surface area contributed by atoms with Gasteiger partial charge in [-0.15, -0.1) is 11.3 Å². The molecule has 0 aromatic carbocycles. The highest BCUT2D eigenvalue weighted by Gasteiger charge is 2.23. The van der Waals surface area contributed by atoms with Crippen molar-refractivity contribution >= 4 is 23.2 Å². The van der Waals surface area contributed by atoms with E-state index in [1.165, 1.54) is 11.3 Å². The van der Waals surface area contributed by atoms with Crippen LogP contribution >= 0.6 is 11.3 Å². The number of hydrogen-bond acceptors (Lipinski definition) is 4. The van der Waals surface area contributed by atoms with Crippen LogP contribution in [0.15, 0.2) is 5.38 Å². The molecule has 1 unspecified atom stereocenters. The van der Waals surface area contributed by atoms with Crippen molar-refractivity contribution in [2.45, 2.75) is 33.7 Å². The third-order valence-electron chi connectivity index (χ3n) is 3.23. The van der Waals surface area contributed by atoms with E-state index in [9.17, 15) is 9.59 Å². The number of amides is 1. The van der Waals surface area contributed by atoms with Gasteiger partial charge in [-0.3, -0.25) is 4.79 Å². The molecule has 0 aliphatic heterocycles. The Kier molecular flexibility index (Phi) is 4.13. The summed E-state index contributed by atoms with van der Waals surface area (Å²) in [6.07, 6.45) is 0. The quantitative estimate of drug-likeness (QED) is 0.809. The largest absolute Gasteiger partial charge is 0.477 e. The lowest BCUT2D eigenvalue weighted by molar-refractivity contribution is 0.0690. The number of nitrogens with zero attached hydrogens (tertiary/aromatic N) is 1. The molecule has 1 atom stereocenters. The number of aromatic carboxylic acids is 1. The van der Waals surface area contributed by atoms with Crippen LogP contribution in [0.5, 0.6) is 0 Å². The van der Waals surface area contributed by atoms with Crippen LogP contribution in [0, 0.1) is 20.8 Å². The summed E-state index contributed by atoms with van der Waals surface area (Å²) in [5.74, 6) is -1.37. The van der Waals surface area contributed by atoms with Gasteiger partial charge in [-0.25, -0.2) is 9.78 Å². The Labute approximate surface area is 126 Å². The molecule has 2 aromatic rings. The number of aryl methyl sites for hydroxylation is 2. The van der Waals surface area contributed by atoms with E-state index in [2.05, 4.69) is 15.3 Å². The second kappa shape index (κ2) is 5.69. The first-order valence-corrected chi connectivity index (χ1v) is 7.34. The smallest absolute Gasteiger partial charge is 0.352 e. The van der Waals surface area contributed by atoms with E-state index in [0.29, 0.717) is 16.8 Å². The minimum absolute atomic E-state index is 0.0513. The van der Waals surface area contributed by atoms with Crippen LogP contribution in [0.2, 0.25) is 0 Å². The molecule has 2 aromatic heterocycles. The van der Waals surface area contributed by atoms with Crippen molar-refractivity contribution in [1.29, 1.82) is 0 Å². The Morgan fingerprint density at radius 2 is 2.05 bits per heavy atom. The zero-order valence-electron chi connectivity index (χ0n) is 12.3. The van der Waals surface area contributed by atoms with Gasteiger partial charge in [-0.05, 0) is 33.3 Å². The highest BCUT2D eigenvalue weighted by molar-refractivity contribution is 7.09. The maximum Gasteiger partial charge on any atom is 0.352 e.